The molecule has 1 amide bonds. The molecule has 1 aliphatic rings. The second kappa shape index (κ2) is 9.20. The van der Waals surface area contributed by atoms with Gasteiger partial charge in [0.15, 0.2) is 0 Å². The minimum atomic E-state index is -0.315. The average Bonchev–Trinajstić information content (AvgIpc) is 2.82. The predicted octanol–water partition coefficient (Wildman–Crippen LogP) is 3.20. The number of carbonyl (C=O) groups excluding carboxylic acids is 1. The van der Waals surface area contributed by atoms with E-state index < -0.39 is 0 Å². The Kier molecular flexibility index (Phi) is 6.21. The summed E-state index contributed by atoms with van der Waals surface area (Å²) in [5, 5.41) is 0. The minimum Gasteiger partial charge on any atom is -0.497 e. The normalized spacial score (nSPS) is 14.6. The first-order chi connectivity index (χ1) is 15.1. The Hall–Kier alpha value is -3.35. The van der Waals surface area contributed by atoms with Gasteiger partial charge in [0.2, 0.25) is 0 Å². The van der Waals surface area contributed by atoms with E-state index in [0.717, 1.165) is 37.2 Å². The van der Waals surface area contributed by atoms with Gasteiger partial charge < -0.3 is 14.4 Å². The maximum absolute atomic E-state index is 12.9. The van der Waals surface area contributed by atoms with E-state index in [1.807, 2.05) is 24.3 Å². The molecule has 7 nitrogen and oxygen atoms in total. The average molecular weight is 421 g/mol. The molecule has 0 saturated carbocycles. The highest BCUT2D eigenvalue weighted by Gasteiger charge is 2.25. The van der Waals surface area contributed by atoms with Crippen LogP contribution in [0, 0.1) is 5.92 Å². The van der Waals surface area contributed by atoms with E-state index in [0.29, 0.717) is 24.7 Å². The molecule has 31 heavy (non-hydrogen) atoms. The van der Waals surface area contributed by atoms with E-state index in [1.54, 1.807) is 37.4 Å². The second-order valence-electron chi connectivity index (χ2n) is 7.90. The maximum atomic E-state index is 12.9. The van der Waals surface area contributed by atoms with Crippen LogP contribution in [-0.4, -0.2) is 47.5 Å². The molecule has 0 atom stereocenters. The van der Waals surface area contributed by atoms with Gasteiger partial charge in [-0.05, 0) is 61.4 Å². The van der Waals surface area contributed by atoms with Gasteiger partial charge in [-0.25, -0.2) is 4.98 Å². The zero-order chi connectivity index (χ0) is 21.8. The van der Waals surface area contributed by atoms with Crippen molar-refractivity contribution in [3.63, 3.8) is 0 Å². The quantitative estimate of drug-likeness (QED) is 0.611. The third-order valence-electron chi connectivity index (χ3n) is 6.00. The summed E-state index contributed by atoms with van der Waals surface area (Å²) in [6.07, 6.45) is 6.87. The number of amides is 1. The molecule has 0 unspecified atom stereocenters. The SMILES string of the molecule is COc1cc(CCC2CCN(C(=O)c3cnc4ccccn4c3=O)CC2)cc(OC)c1. The Labute approximate surface area is 181 Å². The fourth-order valence-electron chi connectivity index (χ4n) is 4.15. The molecule has 7 heteroatoms. The van der Waals surface area contributed by atoms with Gasteiger partial charge in [0.05, 0.1) is 14.2 Å². The van der Waals surface area contributed by atoms with Crippen LogP contribution in [0.2, 0.25) is 0 Å². The van der Waals surface area contributed by atoms with E-state index in [1.165, 1.54) is 16.2 Å². The number of hydrogen-bond acceptors (Lipinski definition) is 5. The minimum absolute atomic E-state index is 0.130. The van der Waals surface area contributed by atoms with E-state index in [9.17, 15) is 9.59 Å². The first-order valence-corrected chi connectivity index (χ1v) is 10.6. The van der Waals surface area contributed by atoms with Gasteiger partial charge in [0, 0.05) is 31.5 Å². The van der Waals surface area contributed by atoms with Gasteiger partial charge >= 0.3 is 0 Å². The predicted molar refractivity (Wildman–Crippen MR) is 118 cm³/mol. The molecule has 162 valence electrons. The summed E-state index contributed by atoms with van der Waals surface area (Å²) >= 11 is 0. The summed E-state index contributed by atoms with van der Waals surface area (Å²) in [7, 11) is 3.31. The van der Waals surface area contributed by atoms with Crippen molar-refractivity contribution in [2.24, 2.45) is 5.92 Å². The van der Waals surface area contributed by atoms with Crippen molar-refractivity contribution in [3.8, 4) is 11.5 Å². The molecule has 0 aliphatic carbocycles. The van der Waals surface area contributed by atoms with Gasteiger partial charge in [-0.2, -0.15) is 0 Å². The Morgan fingerprint density at radius 1 is 1.10 bits per heavy atom. The van der Waals surface area contributed by atoms with Crippen LogP contribution < -0.4 is 15.0 Å². The number of fused-ring (bicyclic) bond motifs is 1. The fourth-order valence-corrected chi connectivity index (χ4v) is 4.15. The molecule has 1 aromatic carbocycles. The number of methoxy groups -OCH3 is 2. The summed E-state index contributed by atoms with van der Waals surface area (Å²) in [4.78, 5) is 31.7. The van der Waals surface area contributed by atoms with Gasteiger partial charge in [0.25, 0.3) is 11.5 Å². The number of carbonyl (C=O) groups is 1. The number of rotatable bonds is 6. The molecule has 0 spiro atoms. The Morgan fingerprint density at radius 2 is 1.81 bits per heavy atom. The molecule has 2 aromatic heterocycles. The van der Waals surface area contributed by atoms with Crippen molar-refractivity contribution in [2.45, 2.75) is 25.7 Å². The van der Waals surface area contributed by atoms with E-state index in [-0.39, 0.29) is 17.0 Å². The monoisotopic (exact) mass is 421 g/mol. The molecule has 1 saturated heterocycles. The van der Waals surface area contributed by atoms with Crippen LogP contribution in [0.25, 0.3) is 5.65 Å². The topological polar surface area (TPSA) is 73.1 Å². The van der Waals surface area contributed by atoms with E-state index in [4.69, 9.17) is 9.47 Å². The van der Waals surface area contributed by atoms with Crippen LogP contribution in [0.4, 0.5) is 0 Å². The van der Waals surface area contributed by atoms with Crippen molar-refractivity contribution < 1.29 is 14.3 Å². The number of aryl methyl sites for hydroxylation is 1. The van der Waals surface area contributed by atoms with Crippen LogP contribution in [0.5, 0.6) is 11.5 Å². The molecule has 0 bridgehead atoms. The van der Waals surface area contributed by atoms with Gasteiger partial charge in [-0.15, -0.1) is 0 Å². The van der Waals surface area contributed by atoms with Gasteiger partial charge in [0.1, 0.15) is 22.7 Å². The van der Waals surface area contributed by atoms with Crippen LogP contribution in [0.3, 0.4) is 0 Å². The summed E-state index contributed by atoms with van der Waals surface area (Å²) in [6, 6.07) is 11.3. The lowest BCUT2D eigenvalue weighted by atomic mass is 9.90. The lowest BCUT2D eigenvalue weighted by Gasteiger charge is -2.32. The molecule has 3 aromatic rings. The van der Waals surface area contributed by atoms with Crippen LogP contribution in [-0.2, 0) is 6.42 Å². The van der Waals surface area contributed by atoms with Crippen LogP contribution in [0.15, 0.2) is 53.6 Å². The Balaban J connectivity index is 1.36. The molecular formula is C24H27N3O4. The van der Waals surface area contributed by atoms with Gasteiger partial charge in [-0.3, -0.25) is 14.0 Å². The van der Waals surface area contributed by atoms with Gasteiger partial charge in [-0.1, -0.05) is 6.07 Å². The van der Waals surface area contributed by atoms with Crippen LogP contribution in [0.1, 0.15) is 35.2 Å². The van der Waals surface area contributed by atoms with Crippen molar-refractivity contribution >= 4 is 11.6 Å². The largest absolute Gasteiger partial charge is 0.497 e. The van der Waals surface area contributed by atoms with Crippen molar-refractivity contribution in [2.75, 3.05) is 27.3 Å². The maximum Gasteiger partial charge on any atom is 0.270 e. The number of piperidine rings is 1. The number of nitrogens with zero attached hydrogens (tertiary/aromatic N) is 3. The zero-order valence-electron chi connectivity index (χ0n) is 17.9. The highest BCUT2D eigenvalue weighted by molar-refractivity contribution is 5.93. The highest BCUT2D eigenvalue weighted by atomic mass is 16.5. The number of benzene rings is 1. The van der Waals surface area contributed by atoms with Crippen LogP contribution >= 0.6 is 0 Å². The third kappa shape index (κ3) is 4.55. The number of pyridine rings is 1. The molecule has 0 radical (unpaired) electrons. The lowest BCUT2D eigenvalue weighted by Crippen LogP contribution is -2.41. The zero-order valence-corrected chi connectivity index (χ0v) is 17.9. The molecule has 1 fully saturated rings. The first-order valence-electron chi connectivity index (χ1n) is 10.6. The Bertz CT molecular complexity index is 1110. The molecular weight excluding hydrogens is 394 g/mol. The van der Waals surface area contributed by atoms with E-state index in [2.05, 4.69) is 4.98 Å². The molecule has 3 heterocycles. The molecule has 0 N–H and O–H groups in total. The Morgan fingerprint density at radius 3 is 2.48 bits per heavy atom. The summed E-state index contributed by atoms with van der Waals surface area (Å²) < 4.78 is 12.1. The smallest absolute Gasteiger partial charge is 0.270 e. The molecule has 4 rings (SSSR count). The molecule has 1 aliphatic heterocycles. The number of hydrogen-bond donors (Lipinski definition) is 0. The van der Waals surface area contributed by atoms with Crippen molar-refractivity contribution in [1.29, 1.82) is 0 Å². The first kappa shape index (κ1) is 20.9. The fraction of sp³-hybridized carbons (Fsp3) is 0.375. The third-order valence-corrected chi connectivity index (χ3v) is 6.00. The number of ether oxygens (including phenoxy) is 2. The second-order valence-corrected chi connectivity index (χ2v) is 7.90. The summed E-state index contributed by atoms with van der Waals surface area (Å²) in [5.41, 5.74) is 1.54. The highest BCUT2D eigenvalue weighted by Crippen LogP contribution is 2.27. The summed E-state index contributed by atoms with van der Waals surface area (Å²) in [6.45, 7) is 1.31. The standard InChI is InChI=1S/C24H27N3O4/c1-30-19-13-18(14-20(15-19)31-2)7-6-17-8-11-26(12-9-17)23(28)21-16-25-22-5-3-4-10-27(22)24(21)29/h3-5,10,13-17H,6-9,11-12H2,1-2H3. The number of aromatic nitrogens is 2. The van der Waals surface area contributed by atoms with Crippen molar-refractivity contribution in [3.05, 3.63) is 70.3 Å². The van der Waals surface area contributed by atoms with E-state index >= 15 is 0 Å². The van der Waals surface area contributed by atoms with Crippen molar-refractivity contribution in [1.82, 2.24) is 14.3 Å². The number of likely N-dealkylation sites (tertiary alicyclic amines) is 1. The summed E-state index contributed by atoms with van der Waals surface area (Å²) in [5.74, 6) is 1.90. The lowest BCUT2D eigenvalue weighted by molar-refractivity contribution is 0.0684.